The number of ether oxygens (including phenoxy) is 1. The van der Waals surface area contributed by atoms with Crippen LogP contribution in [0.5, 0.6) is 11.5 Å². The zero-order valence-electron chi connectivity index (χ0n) is 46.0. The van der Waals surface area contributed by atoms with Gasteiger partial charge in [-0.2, -0.15) is 57.4 Å². The molecule has 4 N–H and O–H groups in total. The Hall–Kier alpha value is -10.3. The van der Waals surface area contributed by atoms with Gasteiger partial charge in [0.25, 0.3) is 26.1 Å². The SMILES string of the molecule is CCCOc1ccc2ccc(NC(=O)c3ccc(N=Nc4ccc(N=Nc5ccc(N=Nc6cc(C)c(N=Nc7ccc8cc(-n9nc%10ccc%11c(S(=O)(=O)O)cc(S(=O)(=O)O)cc%11c%10n9)ccc8c7O)cc6C)cc5C)cc4C)cc3)cc2c1. The van der Waals surface area contributed by atoms with Crippen LogP contribution in [0.25, 0.3) is 49.0 Å². The lowest BCUT2D eigenvalue weighted by molar-refractivity contribution is 0.102. The number of anilines is 1. The fourth-order valence-electron chi connectivity index (χ4n) is 9.29. The number of aryl methyl sites for hydroxylation is 4. The molecule has 1 amide bonds. The van der Waals surface area contributed by atoms with Crippen LogP contribution in [0.2, 0.25) is 0 Å². The van der Waals surface area contributed by atoms with E-state index in [1.54, 1.807) is 60.7 Å². The van der Waals surface area contributed by atoms with Gasteiger partial charge in [-0.25, -0.2) is 0 Å². The second-order valence-electron chi connectivity index (χ2n) is 20.0. The van der Waals surface area contributed by atoms with Gasteiger partial charge >= 0.3 is 0 Å². The number of nitrogens with one attached hydrogen (secondary N) is 1. The van der Waals surface area contributed by atoms with Crippen molar-refractivity contribution in [3.05, 3.63) is 192 Å². The van der Waals surface area contributed by atoms with Crippen molar-refractivity contribution in [1.29, 1.82) is 0 Å². The number of phenolic OH excluding ortho intramolecular Hbond substituents is 1. The minimum Gasteiger partial charge on any atom is -0.505 e. The van der Waals surface area contributed by atoms with Crippen molar-refractivity contribution in [1.82, 2.24) is 15.0 Å². The Morgan fingerprint density at radius 3 is 1.74 bits per heavy atom. The standard InChI is InChI=1S/C62H50N12O9S2/c1-6-25-83-48-18-10-39-7-14-44(30-42(39)32-48)63-62(76)40-8-12-43(13-9-40)64-67-53-22-15-45(26-35(53)2)65-68-54-23-16-46(27-36(54)3)66-70-57-28-38(5)58(29-37(57)4)71-69-56-21-11-41-31-47(17-19-50(41)61(56)75)74-72-55-24-20-51-52(60(55)73-74)33-49(84(77,78)79)34-59(51)85(80,81)82/h7-24,26-34,75H,6,25H2,1-5H3,(H,63,76)(H,77,78,79)(H,80,81,82). The second kappa shape index (κ2) is 23.1. The fraction of sp³-hybridized carbons (Fsp3) is 0.113. The van der Waals surface area contributed by atoms with E-state index in [0.29, 0.717) is 80.2 Å². The van der Waals surface area contributed by atoms with Crippen LogP contribution in [-0.4, -0.2) is 58.6 Å². The van der Waals surface area contributed by atoms with Gasteiger partial charge < -0.3 is 15.2 Å². The first-order valence-corrected chi connectivity index (χ1v) is 29.2. The number of nitrogens with zero attached hydrogens (tertiary/aromatic N) is 11. The van der Waals surface area contributed by atoms with Crippen molar-refractivity contribution in [2.24, 2.45) is 40.9 Å². The van der Waals surface area contributed by atoms with Gasteiger partial charge in [0, 0.05) is 27.4 Å². The summed E-state index contributed by atoms with van der Waals surface area (Å²) in [5.41, 5.74) is 9.75. The van der Waals surface area contributed by atoms with Crippen molar-refractivity contribution >= 4 is 121 Å². The average molecular weight is 1170 g/mol. The molecule has 1 aromatic heterocycles. The number of benzene rings is 10. The summed E-state index contributed by atoms with van der Waals surface area (Å²) in [4.78, 5) is 12.9. The molecule has 85 heavy (non-hydrogen) atoms. The van der Waals surface area contributed by atoms with E-state index in [4.69, 9.17) is 4.74 Å². The molecular formula is C62H50N12O9S2. The van der Waals surface area contributed by atoms with Crippen molar-refractivity contribution in [3.8, 4) is 17.2 Å². The normalized spacial score (nSPS) is 12.4. The largest absolute Gasteiger partial charge is 0.505 e. The number of aromatic nitrogens is 3. The van der Waals surface area contributed by atoms with Gasteiger partial charge in [-0.1, -0.05) is 31.2 Å². The molecule has 0 fully saturated rings. The Morgan fingerprint density at radius 2 is 1.09 bits per heavy atom. The number of phenols is 1. The van der Waals surface area contributed by atoms with Crippen LogP contribution in [0, 0.1) is 27.7 Å². The van der Waals surface area contributed by atoms with Crippen LogP contribution in [0.4, 0.5) is 51.2 Å². The second-order valence-corrected chi connectivity index (χ2v) is 22.8. The molecule has 0 aliphatic carbocycles. The number of aromatic hydroxyl groups is 1. The van der Waals surface area contributed by atoms with Gasteiger partial charge in [0.2, 0.25) is 0 Å². The maximum absolute atomic E-state index is 13.1. The number of hydrogen-bond donors (Lipinski definition) is 4. The summed E-state index contributed by atoms with van der Waals surface area (Å²) in [7, 11) is -9.78. The minimum atomic E-state index is -4.91. The van der Waals surface area contributed by atoms with Crippen LogP contribution in [0.1, 0.15) is 46.0 Å². The highest BCUT2D eigenvalue weighted by Gasteiger charge is 2.23. The molecule has 11 rings (SSSR count). The predicted molar refractivity (Wildman–Crippen MR) is 324 cm³/mol. The highest BCUT2D eigenvalue weighted by molar-refractivity contribution is 7.86. The third-order valence-corrected chi connectivity index (χ3v) is 15.5. The summed E-state index contributed by atoms with van der Waals surface area (Å²) in [6.45, 7) is 10.3. The zero-order chi connectivity index (χ0) is 59.7. The molecule has 0 atom stereocenters. The fourth-order valence-corrected chi connectivity index (χ4v) is 10.6. The zero-order valence-corrected chi connectivity index (χ0v) is 47.7. The summed E-state index contributed by atoms with van der Waals surface area (Å²) < 4.78 is 73.9. The molecule has 0 aliphatic rings. The van der Waals surface area contributed by atoms with Gasteiger partial charge in [0.1, 0.15) is 27.4 Å². The van der Waals surface area contributed by atoms with Crippen LogP contribution in [0.15, 0.2) is 214 Å². The van der Waals surface area contributed by atoms with Gasteiger partial charge in [0.15, 0.2) is 5.75 Å². The number of azo groups is 4. The molecular weight excluding hydrogens is 1120 g/mol. The van der Waals surface area contributed by atoms with Crippen LogP contribution in [0.3, 0.4) is 0 Å². The quantitative estimate of drug-likeness (QED) is 0.0521. The molecule has 21 nitrogen and oxygen atoms in total. The summed E-state index contributed by atoms with van der Waals surface area (Å²) in [5.74, 6) is 0.422. The van der Waals surface area contributed by atoms with Crippen molar-refractivity contribution in [3.63, 3.8) is 0 Å². The first-order chi connectivity index (χ1) is 40.7. The van der Waals surface area contributed by atoms with E-state index in [-0.39, 0.29) is 39.1 Å². The third-order valence-electron chi connectivity index (χ3n) is 13.8. The number of hydrogen-bond acceptors (Lipinski definition) is 17. The Balaban J connectivity index is 0.708. The van der Waals surface area contributed by atoms with E-state index in [0.717, 1.165) is 51.3 Å². The molecule has 0 saturated carbocycles. The molecule has 0 bridgehead atoms. The maximum atomic E-state index is 13.1. The Bertz CT molecular complexity index is 4890. The summed E-state index contributed by atoms with van der Waals surface area (Å²) in [5, 5.41) is 62.0. The van der Waals surface area contributed by atoms with E-state index >= 15 is 0 Å². The van der Waals surface area contributed by atoms with Crippen molar-refractivity contribution in [2.75, 3.05) is 11.9 Å². The Kier molecular flexibility index (Phi) is 15.4. The van der Waals surface area contributed by atoms with E-state index in [1.807, 2.05) is 107 Å². The Labute approximate surface area is 486 Å². The first kappa shape index (κ1) is 56.5. The van der Waals surface area contributed by atoms with Gasteiger partial charge in [0.05, 0.1) is 57.0 Å². The Morgan fingerprint density at radius 1 is 0.518 bits per heavy atom. The van der Waals surface area contributed by atoms with Crippen molar-refractivity contribution < 1.29 is 40.6 Å². The number of amides is 1. The van der Waals surface area contributed by atoms with Crippen molar-refractivity contribution in [2.45, 2.75) is 50.8 Å². The van der Waals surface area contributed by atoms with Crippen LogP contribution >= 0.6 is 0 Å². The maximum Gasteiger partial charge on any atom is 0.295 e. The topological polar surface area (TPSA) is 297 Å². The van der Waals surface area contributed by atoms with Crippen LogP contribution < -0.4 is 10.1 Å². The molecule has 0 spiro atoms. The number of carbonyl (C=O) groups excluding carboxylic acids is 1. The molecule has 1 heterocycles. The number of carbonyl (C=O) groups is 1. The molecule has 11 aromatic rings. The molecule has 10 aromatic carbocycles. The molecule has 23 heteroatoms. The lowest BCUT2D eigenvalue weighted by Gasteiger charge is -2.09. The molecule has 424 valence electrons. The predicted octanol–water partition coefficient (Wildman–Crippen LogP) is 17.0. The smallest absolute Gasteiger partial charge is 0.295 e. The van der Waals surface area contributed by atoms with E-state index in [2.05, 4.69) is 63.4 Å². The highest BCUT2D eigenvalue weighted by atomic mass is 32.2. The molecule has 0 saturated heterocycles. The van der Waals surface area contributed by atoms with Gasteiger partial charge in [-0.15, -0.1) is 15.3 Å². The summed E-state index contributed by atoms with van der Waals surface area (Å²) in [6, 6.07) is 46.1. The number of rotatable bonds is 16. The van der Waals surface area contributed by atoms with E-state index < -0.39 is 30.0 Å². The van der Waals surface area contributed by atoms with E-state index in [1.165, 1.54) is 16.9 Å². The highest BCUT2D eigenvalue weighted by Crippen LogP contribution is 2.39. The van der Waals surface area contributed by atoms with Crippen LogP contribution in [-0.2, 0) is 20.2 Å². The average Bonchev–Trinajstić information content (AvgIpc) is 1.93. The van der Waals surface area contributed by atoms with Gasteiger partial charge in [-0.05, 0) is 212 Å². The number of fused-ring (bicyclic) bond motifs is 5. The summed E-state index contributed by atoms with van der Waals surface area (Å²) >= 11 is 0. The van der Waals surface area contributed by atoms with E-state index in [9.17, 15) is 35.8 Å². The molecule has 0 radical (unpaired) electrons. The molecule has 0 aliphatic heterocycles. The van der Waals surface area contributed by atoms with Gasteiger partial charge in [-0.3, -0.25) is 13.9 Å². The lowest BCUT2D eigenvalue weighted by atomic mass is 10.1. The molecule has 0 unspecified atom stereocenters. The first-order valence-electron chi connectivity index (χ1n) is 26.4. The minimum absolute atomic E-state index is 0.0119. The monoisotopic (exact) mass is 1170 g/mol. The lowest BCUT2D eigenvalue weighted by Crippen LogP contribution is -2.11. The summed E-state index contributed by atoms with van der Waals surface area (Å²) in [6.07, 6.45) is 0.917. The third kappa shape index (κ3) is 12.4.